The quantitative estimate of drug-likeness (QED) is 0.607. The van der Waals surface area contributed by atoms with Gasteiger partial charge in [0, 0.05) is 37.3 Å². The van der Waals surface area contributed by atoms with Crippen LogP contribution in [-0.2, 0) is 6.54 Å². The van der Waals surface area contributed by atoms with Crippen LogP contribution in [-0.4, -0.2) is 36.2 Å². The van der Waals surface area contributed by atoms with Crippen LogP contribution in [0.25, 0.3) is 10.9 Å². The molecule has 0 amide bonds. The highest BCUT2D eigenvalue weighted by molar-refractivity contribution is 6.36. The van der Waals surface area contributed by atoms with Crippen LogP contribution >= 0.6 is 11.6 Å². The Hall–Kier alpha value is -2.81. The van der Waals surface area contributed by atoms with E-state index in [2.05, 4.69) is 40.2 Å². The third-order valence-corrected chi connectivity index (χ3v) is 5.69. The highest BCUT2D eigenvalue weighted by atomic mass is 35.5. The van der Waals surface area contributed by atoms with Crippen molar-refractivity contribution in [2.45, 2.75) is 25.5 Å². The molecular weight excluding hydrogens is 386 g/mol. The summed E-state index contributed by atoms with van der Waals surface area (Å²) in [5.41, 5.74) is 2.36. The molecule has 29 heavy (non-hydrogen) atoms. The van der Waals surface area contributed by atoms with Gasteiger partial charge in [-0.05, 0) is 24.5 Å². The minimum Gasteiger partial charge on any atom is -0.493 e. The second-order valence-electron chi connectivity index (χ2n) is 7.20. The predicted molar refractivity (Wildman–Crippen MR) is 113 cm³/mol. The van der Waals surface area contributed by atoms with Gasteiger partial charge in [0.25, 0.3) is 0 Å². The fourth-order valence-corrected chi connectivity index (χ4v) is 3.95. The number of nitriles is 1. The summed E-state index contributed by atoms with van der Waals surface area (Å²) in [6.45, 7) is 2.93. The molecule has 1 saturated heterocycles. The van der Waals surface area contributed by atoms with Gasteiger partial charge >= 0.3 is 0 Å². The number of hydrogen-bond donors (Lipinski definition) is 0. The van der Waals surface area contributed by atoms with E-state index in [1.807, 2.05) is 18.2 Å². The number of ether oxygens (including phenoxy) is 2. The first-order valence-electron chi connectivity index (χ1n) is 9.67. The number of piperidine rings is 1. The monoisotopic (exact) mass is 407 g/mol. The minimum atomic E-state index is 0.110. The van der Waals surface area contributed by atoms with Crippen LogP contribution in [0.4, 0.5) is 0 Å². The highest BCUT2D eigenvalue weighted by Gasteiger charge is 2.22. The molecule has 6 heteroatoms. The van der Waals surface area contributed by atoms with Crippen molar-refractivity contribution in [2.75, 3.05) is 20.2 Å². The fourth-order valence-electron chi connectivity index (χ4n) is 3.70. The highest BCUT2D eigenvalue weighted by Crippen LogP contribution is 2.37. The predicted octanol–water partition coefficient (Wildman–Crippen LogP) is 4.81. The second kappa shape index (κ2) is 8.69. The van der Waals surface area contributed by atoms with E-state index in [1.165, 1.54) is 11.8 Å². The zero-order valence-corrected chi connectivity index (χ0v) is 17.0. The van der Waals surface area contributed by atoms with Crippen molar-refractivity contribution in [2.24, 2.45) is 0 Å². The van der Waals surface area contributed by atoms with Gasteiger partial charge < -0.3 is 9.47 Å². The molecule has 5 nitrogen and oxygen atoms in total. The van der Waals surface area contributed by atoms with Gasteiger partial charge in [0.1, 0.15) is 12.2 Å². The molecule has 1 aliphatic rings. The Balaban J connectivity index is 1.48. The molecule has 0 unspecified atom stereocenters. The van der Waals surface area contributed by atoms with Crippen LogP contribution in [0.2, 0.25) is 5.02 Å². The Morgan fingerprint density at radius 1 is 1.17 bits per heavy atom. The SMILES string of the molecule is COc1cc2ncc(C#N)c(Cl)c2cc1OC1CCN(Cc2ccccc2)CC1. The molecule has 0 saturated carbocycles. The van der Waals surface area contributed by atoms with Gasteiger partial charge in [-0.25, -0.2) is 0 Å². The largest absolute Gasteiger partial charge is 0.493 e. The number of aromatic nitrogens is 1. The van der Waals surface area contributed by atoms with Crippen LogP contribution in [0.5, 0.6) is 11.5 Å². The summed E-state index contributed by atoms with van der Waals surface area (Å²) in [6.07, 6.45) is 3.48. The summed E-state index contributed by atoms with van der Waals surface area (Å²) < 4.78 is 11.8. The van der Waals surface area contributed by atoms with Crippen LogP contribution in [0.1, 0.15) is 24.0 Å². The summed E-state index contributed by atoms with van der Waals surface area (Å²) in [6, 6.07) is 16.2. The lowest BCUT2D eigenvalue weighted by Gasteiger charge is -2.32. The first-order chi connectivity index (χ1) is 14.2. The first kappa shape index (κ1) is 19.5. The molecule has 0 bridgehead atoms. The summed E-state index contributed by atoms with van der Waals surface area (Å²) in [5.74, 6) is 1.26. The van der Waals surface area contributed by atoms with Crippen LogP contribution in [0.3, 0.4) is 0 Å². The van der Waals surface area contributed by atoms with E-state index in [1.54, 1.807) is 7.11 Å². The number of benzene rings is 2. The maximum atomic E-state index is 9.20. The second-order valence-corrected chi connectivity index (χ2v) is 7.57. The maximum absolute atomic E-state index is 9.20. The Kier molecular flexibility index (Phi) is 5.84. The van der Waals surface area contributed by atoms with Crippen molar-refractivity contribution in [1.82, 2.24) is 9.88 Å². The Labute approximate surface area is 175 Å². The number of nitrogens with zero attached hydrogens (tertiary/aromatic N) is 3. The summed E-state index contributed by atoms with van der Waals surface area (Å²) in [5, 5.41) is 10.3. The lowest BCUT2D eigenvalue weighted by atomic mass is 10.1. The van der Waals surface area contributed by atoms with Crippen molar-refractivity contribution < 1.29 is 9.47 Å². The third-order valence-electron chi connectivity index (χ3n) is 5.29. The maximum Gasteiger partial charge on any atom is 0.162 e. The third kappa shape index (κ3) is 4.29. The Bertz CT molecular complexity index is 1040. The average molecular weight is 408 g/mol. The molecule has 0 N–H and O–H groups in total. The standard InChI is InChI=1S/C23H22ClN3O2/c1-28-21-12-20-19(23(24)17(13-25)14-26-20)11-22(21)29-18-7-9-27(10-8-18)15-16-5-3-2-4-6-16/h2-6,11-12,14,18H,7-10,15H2,1H3. The zero-order chi connectivity index (χ0) is 20.2. The van der Waals surface area contributed by atoms with Crippen LogP contribution in [0.15, 0.2) is 48.7 Å². The van der Waals surface area contributed by atoms with Gasteiger partial charge in [-0.3, -0.25) is 9.88 Å². The van der Waals surface area contributed by atoms with E-state index in [-0.39, 0.29) is 6.10 Å². The number of pyridine rings is 1. The topological polar surface area (TPSA) is 58.4 Å². The number of methoxy groups -OCH3 is 1. The van der Waals surface area contributed by atoms with Crippen molar-refractivity contribution in [3.8, 4) is 17.6 Å². The van der Waals surface area contributed by atoms with Crippen molar-refractivity contribution in [1.29, 1.82) is 5.26 Å². The van der Waals surface area contributed by atoms with E-state index in [0.717, 1.165) is 32.5 Å². The van der Waals surface area contributed by atoms with Crippen molar-refractivity contribution in [3.63, 3.8) is 0 Å². The van der Waals surface area contributed by atoms with Crippen LogP contribution in [0, 0.1) is 11.3 Å². The molecule has 0 aliphatic carbocycles. The lowest BCUT2D eigenvalue weighted by molar-refractivity contribution is 0.0944. The molecule has 3 aromatic rings. The molecule has 2 heterocycles. The normalized spacial score (nSPS) is 15.2. The molecule has 1 aromatic heterocycles. The van der Waals surface area contributed by atoms with E-state index >= 15 is 0 Å². The van der Waals surface area contributed by atoms with E-state index in [4.69, 9.17) is 21.1 Å². The summed E-state index contributed by atoms with van der Waals surface area (Å²) in [4.78, 5) is 6.76. The Morgan fingerprint density at radius 2 is 1.93 bits per heavy atom. The van der Waals surface area contributed by atoms with Crippen molar-refractivity contribution in [3.05, 3.63) is 64.8 Å². The van der Waals surface area contributed by atoms with Gasteiger partial charge in [0.15, 0.2) is 11.5 Å². The molecule has 0 spiro atoms. The average Bonchev–Trinajstić information content (AvgIpc) is 2.76. The summed E-state index contributed by atoms with van der Waals surface area (Å²) in [7, 11) is 1.61. The lowest BCUT2D eigenvalue weighted by Crippen LogP contribution is -2.37. The van der Waals surface area contributed by atoms with E-state index in [0.29, 0.717) is 33.0 Å². The Morgan fingerprint density at radius 3 is 2.62 bits per heavy atom. The molecule has 0 radical (unpaired) electrons. The van der Waals surface area contributed by atoms with Gasteiger partial charge in [0.05, 0.1) is 23.2 Å². The van der Waals surface area contributed by atoms with Gasteiger partial charge in [-0.2, -0.15) is 5.26 Å². The van der Waals surface area contributed by atoms with Crippen molar-refractivity contribution >= 4 is 22.5 Å². The number of halogens is 1. The van der Waals surface area contributed by atoms with Crippen LogP contribution < -0.4 is 9.47 Å². The fraction of sp³-hybridized carbons (Fsp3) is 0.304. The number of rotatable bonds is 5. The van der Waals surface area contributed by atoms with Gasteiger partial charge in [-0.15, -0.1) is 0 Å². The molecule has 2 aromatic carbocycles. The smallest absolute Gasteiger partial charge is 0.162 e. The molecule has 148 valence electrons. The molecule has 4 rings (SSSR count). The number of likely N-dealkylation sites (tertiary alicyclic amines) is 1. The first-order valence-corrected chi connectivity index (χ1v) is 10.0. The van der Waals surface area contributed by atoms with Gasteiger partial charge in [0.2, 0.25) is 0 Å². The van der Waals surface area contributed by atoms with Gasteiger partial charge in [-0.1, -0.05) is 41.9 Å². The number of hydrogen-bond acceptors (Lipinski definition) is 5. The molecular formula is C23H22ClN3O2. The summed E-state index contributed by atoms with van der Waals surface area (Å²) >= 11 is 6.38. The number of fused-ring (bicyclic) bond motifs is 1. The molecule has 1 fully saturated rings. The molecule has 1 aliphatic heterocycles. The van der Waals surface area contributed by atoms with E-state index < -0.39 is 0 Å². The minimum absolute atomic E-state index is 0.110. The van der Waals surface area contributed by atoms with E-state index in [9.17, 15) is 5.26 Å². The zero-order valence-electron chi connectivity index (χ0n) is 16.3. The molecule has 0 atom stereocenters.